The number of aromatic carboxylic acids is 1. The molecular formula is C11H17ClN2O2. The molecule has 2 rings (SSSR count). The first-order chi connectivity index (χ1) is 7.11. The Kier molecular flexibility index (Phi) is 3.97. The van der Waals surface area contributed by atoms with E-state index in [0.29, 0.717) is 0 Å². The number of carboxylic acids is 1. The van der Waals surface area contributed by atoms with Crippen LogP contribution in [0.4, 0.5) is 0 Å². The van der Waals surface area contributed by atoms with Crippen LogP contribution in [0.5, 0.6) is 0 Å². The Hall–Kier alpha value is -1.03. The molecule has 90 valence electrons. The van der Waals surface area contributed by atoms with Gasteiger partial charge in [-0.1, -0.05) is 13.8 Å². The first kappa shape index (κ1) is 13.0. The van der Waals surface area contributed by atoms with Crippen molar-refractivity contribution in [2.24, 2.45) is 0 Å². The van der Waals surface area contributed by atoms with E-state index in [1.807, 2.05) is 0 Å². The van der Waals surface area contributed by atoms with Gasteiger partial charge in [-0.05, 0) is 19.3 Å². The zero-order valence-corrected chi connectivity index (χ0v) is 10.4. The number of hydrogen-bond acceptors (Lipinski definition) is 2. The molecule has 0 atom stereocenters. The average molecular weight is 245 g/mol. The van der Waals surface area contributed by atoms with E-state index in [1.54, 1.807) is 0 Å². The van der Waals surface area contributed by atoms with Crippen molar-refractivity contribution in [3.8, 4) is 0 Å². The molecule has 16 heavy (non-hydrogen) atoms. The van der Waals surface area contributed by atoms with Crippen LogP contribution < -0.4 is 0 Å². The summed E-state index contributed by atoms with van der Waals surface area (Å²) in [6.45, 7) is 5.02. The summed E-state index contributed by atoms with van der Waals surface area (Å²) >= 11 is 0. The molecule has 0 aromatic carbocycles. The van der Waals surface area contributed by atoms with Crippen molar-refractivity contribution in [2.75, 3.05) is 0 Å². The van der Waals surface area contributed by atoms with E-state index in [4.69, 9.17) is 5.11 Å². The van der Waals surface area contributed by atoms with Crippen molar-refractivity contribution in [3.05, 3.63) is 17.2 Å². The second-order valence-corrected chi connectivity index (χ2v) is 4.33. The maximum absolute atomic E-state index is 11.0. The fourth-order valence-electron chi connectivity index (χ4n) is 2.18. The predicted molar refractivity (Wildman–Crippen MR) is 63.5 cm³/mol. The third-order valence-corrected chi connectivity index (χ3v) is 2.87. The van der Waals surface area contributed by atoms with E-state index < -0.39 is 5.97 Å². The van der Waals surface area contributed by atoms with Crippen molar-refractivity contribution in [2.45, 2.75) is 45.6 Å². The Morgan fingerprint density at radius 2 is 2.12 bits per heavy atom. The SMILES string of the molecule is CC(C)c1nc(C(=O)O)c2n1CCCC2.Cl. The second kappa shape index (κ2) is 4.87. The first-order valence-electron chi connectivity index (χ1n) is 5.44. The summed E-state index contributed by atoms with van der Waals surface area (Å²) in [4.78, 5) is 15.3. The van der Waals surface area contributed by atoms with E-state index >= 15 is 0 Å². The van der Waals surface area contributed by atoms with Crippen LogP contribution in [0.3, 0.4) is 0 Å². The molecule has 1 N–H and O–H groups in total. The third-order valence-electron chi connectivity index (χ3n) is 2.87. The Morgan fingerprint density at radius 3 is 2.69 bits per heavy atom. The van der Waals surface area contributed by atoms with Gasteiger partial charge in [0.1, 0.15) is 5.82 Å². The highest BCUT2D eigenvalue weighted by atomic mass is 35.5. The molecule has 1 aliphatic heterocycles. The van der Waals surface area contributed by atoms with E-state index in [1.165, 1.54) is 0 Å². The van der Waals surface area contributed by atoms with Gasteiger partial charge in [0, 0.05) is 12.5 Å². The quantitative estimate of drug-likeness (QED) is 0.870. The Labute approximate surface area is 101 Å². The molecule has 0 fully saturated rings. The number of fused-ring (bicyclic) bond motifs is 1. The lowest BCUT2D eigenvalue weighted by Crippen LogP contribution is -2.14. The molecule has 0 saturated carbocycles. The van der Waals surface area contributed by atoms with Crippen LogP contribution in [0, 0.1) is 0 Å². The number of hydrogen-bond donors (Lipinski definition) is 1. The molecule has 1 aromatic rings. The van der Waals surface area contributed by atoms with Crippen LogP contribution in [0.25, 0.3) is 0 Å². The van der Waals surface area contributed by atoms with Gasteiger partial charge in [-0.15, -0.1) is 12.4 Å². The normalized spacial score (nSPS) is 14.4. The van der Waals surface area contributed by atoms with Gasteiger partial charge in [0.05, 0.1) is 5.69 Å². The number of carboxylic acid groups (broad SMARTS) is 1. The van der Waals surface area contributed by atoms with Gasteiger partial charge in [0.15, 0.2) is 5.69 Å². The van der Waals surface area contributed by atoms with Crippen LogP contribution in [-0.4, -0.2) is 20.6 Å². The molecule has 4 nitrogen and oxygen atoms in total. The number of halogens is 1. The van der Waals surface area contributed by atoms with Gasteiger partial charge >= 0.3 is 5.97 Å². The molecule has 2 heterocycles. The van der Waals surface area contributed by atoms with Crippen molar-refractivity contribution >= 4 is 18.4 Å². The van der Waals surface area contributed by atoms with Gasteiger partial charge in [-0.3, -0.25) is 0 Å². The molecule has 0 saturated heterocycles. The zero-order chi connectivity index (χ0) is 11.0. The molecule has 0 unspecified atom stereocenters. The summed E-state index contributed by atoms with van der Waals surface area (Å²) in [5.74, 6) is 0.310. The summed E-state index contributed by atoms with van der Waals surface area (Å²) in [7, 11) is 0. The van der Waals surface area contributed by atoms with Gasteiger partial charge in [0.25, 0.3) is 0 Å². The molecule has 5 heteroatoms. The maximum atomic E-state index is 11.0. The molecule has 0 radical (unpaired) electrons. The van der Waals surface area contributed by atoms with Crippen molar-refractivity contribution in [3.63, 3.8) is 0 Å². The lowest BCUT2D eigenvalue weighted by atomic mass is 10.1. The minimum absolute atomic E-state index is 0. The zero-order valence-electron chi connectivity index (χ0n) is 9.56. The Bertz CT molecular complexity index is 399. The smallest absolute Gasteiger partial charge is 0.356 e. The number of carbonyl (C=O) groups is 1. The van der Waals surface area contributed by atoms with Crippen LogP contribution >= 0.6 is 12.4 Å². The minimum Gasteiger partial charge on any atom is -0.476 e. The van der Waals surface area contributed by atoms with Crippen LogP contribution in [0.2, 0.25) is 0 Å². The van der Waals surface area contributed by atoms with Gasteiger partial charge in [-0.2, -0.15) is 0 Å². The van der Waals surface area contributed by atoms with E-state index in [2.05, 4.69) is 23.4 Å². The number of imidazole rings is 1. The fourth-order valence-corrected chi connectivity index (χ4v) is 2.18. The molecule has 0 amide bonds. The van der Waals surface area contributed by atoms with E-state index in [0.717, 1.165) is 37.3 Å². The lowest BCUT2D eigenvalue weighted by molar-refractivity contribution is 0.0689. The molecule has 0 aliphatic carbocycles. The highest BCUT2D eigenvalue weighted by molar-refractivity contribution is 5.87. The number of aromatic nitrogens is 2. The Balaban J connectivity index is 0.00000128. The van der Waals surface area contributed by atoms with Crippen molar-refractivity contribution < 1.29 is 9.90 Å². The average Bonchev–Trinajstić information content (AvgIpc) is 2.56. The van der Waals surface area contributed by atoms with E-state index in [-0.39, 0.29) is 24.0 Å². The predicted octanol–water partition coefficient (Wildman–Crippen LogP) is 2.46. The highest BCUT2D eigenvalue weighted by Crippen LogP contribution is 2.24. The number of rotatable bonds is 2. The summed E-state index contributed by atoms with van der Waals surface area (Å²) in [5, 5.41) is 9.06. The lowest BCUT2D eigenvalue weighted by Gasteiger charge is -2.18. The minimum atomic E-state index is -0.896. The summed E-state index contributed by atoms with van der Waals surface area (Å²) in [6.07, 6.45) is 3.05. The summed E-state index contributed by atoms with van der Waals surface area (Å²) in [5.41, 5.74) is 1.18. The first-order valence-corrected chi connectivity index (χ1v) is 5.44. The molecule has 1 aromatic heterocycles. The van der Waals surface area contributed by atoms with Crippen LogP contribution in [0.15, 0.2) is 0 Å². The van der Waals surface area contributed by atoms with Crippen LogP contribution in [0.1, 0.15) is 54.6 Å². The third kappa shape index (κ3) is 2.07. The van der Waals surface area contributed by atoms with E-state index in [9.17, 15) is 4.79 Å². The van der Waals surface area contributed by atoms with Crippen molar-refractivity contribution in [1.82, 2.24) is 9.55 Å². The molecule has 0 bridgehead atoms. The fraction of sp³-hybridized carbons (Fsp3) is 0.636. The topological polar surface area (TPSA) is 55.1 Å². The highest BCUT2D eigenvalue weighted by Gasteiger charge is 2.24. The monoisotopic (exact) mass is 244 g/mol. The van der Waals surface area contributed by atoms with Crippen LogP contribution in [-0.2, 0) is 13.0 Å². The summed E-state index contributed by atoms with van der Waals surface area (Å²) < 4.78 is 2.09. The number of nitrogens with zero attached hydrogens (tertiary/aromatic N) is 2. The van der Waals surface area contributed by atoms with Gasteiger partial charge in [0.2, 0.25) is 0 Å². The molecule has 0 spiro atoms. The summed E-state index contributed by atoms with van der Waals surface area (Å²) in [6, 6.07) is 0. The standard InChI is InChI=1S/C11H16N2O2.ClH/c1-7(2)10-12-9(11(14)15)8-5-3-4-6-13(8)10;/h7H,3-6H2,1-2H3,(H,14,15);1H. The second-order valence-electron chi connectivity index (χ2n) is 4.33. The molecular weight excluding hydrogens is 228 g/mol. The largest absolute Gasteiger partial charge is 0.476 e. The van der Waals surface area contributed by atoms with Gasteiger partial charge in [-0.25, -0.2) is 9.78 Å². The van der Waals surface area contributed by atoms with Crippen molar-refractivity contribution in [1.29, 1.82) is 0 Å². The molecule has 1 aliphatic rings. The Morgan fingerprint density at radius 1 is 1.44 bits per heavy atom. The maximum Gasteiger partial charge on any atom is 0.356 e. The van der Waals surface area contributed by atoms with Gasteiger partial charge < -0.3 is 9.67 Å².